The first-order chi connectivity index (χ1) is 24.6. The maximum Gasteiger partial charge on any atom is 0.408 e. The van der Waals surface area contributed by atoms with Gasteiger partial charge in [-0.1, -0.05) is 25.0 Å². The van der Waals surface area contributed by atoms with Crippen molar-refractivity contribution in [3.05, 3.63) is 60.4 Å². The lowest BCUT2D eigenvalue weighted by Gasteiger charge is -2.30. The lowest BCUT2D eigenvalue weighted by atomic mass is 10.0. The summed E-state index contributed by atoms with van der Waals surface area (Å²) in [5.74, 6) is -3.21. The molecule has 4 aliphatic rings. The molecule has 2 aliphatic heterocycles. The first-order valence-electron chi connectivity index (χ1n) is 17.8. The minimum atomic E-state index is -3.91. The van der Waals surface area contributed by atoms with Crippen LogP contribution in [0.5, 0.6) is 0 Å². The van der Waals surface area contributed by atoms with Gasteiger partial charge in [0.1, 0.15) is 29.3 Å². The molecule has 1 aromatic carbocycles. The molecule has 15 nitrogen and oxygen atoms in total. The van der Waals surface area contributed by atoms with Crippen molar-refractivity contribution >= 4 is 39.8 Å². The quantitative estimate of drug-likeness (QED) is 0.281. The van der Waals surface area contributed by atoms with E-state index in [9.17, 15) is 32.4 Å². The van der Waals surface area contributed by atoms with Gasteiger partial charge in [0.05, 0.1) is 23.0 Å². The van der Waals surface area contributed by atoms with E-state index in [0.717, 1.165) is 18.5 Å². The number of hydrogen-bond donors (Lipinski definition) is 3. The summed E-state index contributed by atoms with van der Waals surface area (Å²) in [5.41, 5.74) is -1.38. The molecule has 0 spiro atoms. The van der Waals surface area contributed by atoms with Crippen LogP contribution in [0.4, 0.5) is 4.79 Å². The molecule has 2 aromatic rings. The number of alkyl carbamates (subject to hydrolysis) is 1. The molecule has 6 rings (SSSR count). The summed E-state index contributed by atoms with van der Waals surface area (Å²) in [6, 6.07) is 6.12. The molecule has 2 aliphatic carbocycles. The largest absolute Gasteiger partial charge is 0.457 e. The van der Waals surface area contributed by atoms with Gasteiger partial charge in [-0.3, -0.25) is 19.1 Å². The molecule has 0 unspecified atom stereocenters. The van der Waals surface area contributed by atoms with Crippen LogP contribution in [0, 0.1) is 5.92 Å². The summed E-state index contributed by atoms with van der Waals surface area (Å²) in [6.07, 6.45) is 9.49. The Labute approximate surface area is 302 Å². The molecule has 1 aromatic heterocycles. The number of carbonyl (C=O) groups excluding carboxylic acids is 5. The molecule has 3 N–H and O–H groups in total. The maximum absolute atomic E-state index is 14.3. The number of carbonyl (C=O) groups is 5. The standard InChI is InChI=1S/C36H46N6O9S/c1-35(2,3)51-34(47)38-28-11-8-6-4-5-7-10-24-21-36(24,33(46)40-52(48,49)27-16-17-27)39-30(43)29-20-26(22-41(29)31(28)44)50-32(45)23-12-14-25(15-13-23)42-19-9-18-37-42/h7,9-10,12-15,18-19,24,26-29H,4-6,8,11,16-17,20-22H2,1-3H3,(H,38,47)(H,39,43)(H,40,46)/b10-7-/t24-,26-,28+,29+,36-/m1/s1. The zero-order valence-corrected chi connectivity index (χ0v) is 30.4. The van der Waals surface area contributed by atoms with Crippen molar-refractivity contribution in [1.29, 1.82) is 0 Å². The van der Waals surface area contributed by atoms with Crippen molar-refractivity contribution in [3.63, 3.8) is 0 Å². The van der Waals surface area contributed by atoms with E-state index < -0.39 is 80.3 Å². The van der Waals surface area contributed by atoms with Crippen LogP contribution in [0.25, 0.3) is 5.69 Å². The summed E-state index contributed by atoms with van der Waals surface area (Å²) in [6.45, 7) is 4.96. The highest BCUT2D eigenvalue weighted by atomic mass is 32.2. The van der Waals surface area contributed by atoms with Gasteiger partial charge in [-0.25, -0.2) is 22.7 Å². The van der Waals surface area contributed by atoms with Gasteiger partial charge in [-0.15, -0.1) is 0 Å². The van der Waals surface area contributed by atoms with Gasteiger partial charge < -0.3 is 25.0 Å². The zero-order valence-electron chi connectivity index (χ0n) is 29.6. The Balaban J connectivity index is 1.25. The van der Waals surface area contributed by atoms with E-state index in [1.165, 1.54) is 4.90 Å². The van der Waals surface area contributed by atoms with Crippen LogP contribution in [0.1, 0.15) is 88.9 Å². The van der Waals surface area contributed by atoms with Crippen molar-refractivity contribution < 1.29 is 41.9 Å². The third kappa shape index (κ3) is 8.65. The highest BCUT2D eigenvalue weighted by molar-refractivity contribution is 7.91. The Morgan fingerprint density at radius 2 is 1.79 bits per heavy atom. The van der Waals surface area contributed by atoms with Crippen LogP contribution in [0.2, 0.25) is 0 Å². The second-order valence-electron chi connectivity index (χ2n) is 15.0. The van der Waals surface area contributed by atoms with E-state index in [0.29, 0.717) is 25.7 Å². The smallest absolute Gasteiger partial charge is 0.408 e. The van der Waals surface area contributed by atoms with Crippen LogP contribution >= 0.6 is 0 Å². The van der Waals surface area contributed by atoms with E-state index in [1.54, 1.807) is 68.2 Å². The SMILES string of the molecule is CC(C)(C)OC(=O)N[C@H]1CCCCC/C=C\[C@@H]2C[C@@]2(C(=O)NS(=O)(=O)C2CC2)NC(=O)[C@@H]2C[C@@H](OC(=O)c3ccc(-n4cccn4)cc3)CN2C1=O. The molecule has 0 radical (unpaired) electrons. The number of allylic oxidation sites excluding steroid dienone is 1. The Bertz CT molecular complexity index is 1820. The highest BCUT2D eigenvalue weighted by Crippen LogP contribution is 2.46. The minimum absolute atomic E-state index is 0.0909. The summed E-state index contributed by atoms with van der Waals surface area (Å²) in [5, 5.41) is 9.02. The fourth-order valence-corrected chi connectivity index (χ4v) is 8.05. The van der Waals surface area contributed by atoms with Gasteiger partial charge in [0.15, 0.2) is 0 Å². The van der Waals surface area contributed by atoms with E-state index in [1.807, 2.05) is 12.2 Å². The average Bonchev–Trinajstić information content (AvgIpc) is 3.94. The second kappa shape index (κ2) is 14.7. The number of aromatic nitrogens is 2. The molecule has 5 atom stereocenters. The molecule has 52 heavy (non-hydrogen) atoms. The van der Waals surface area contributed by atoms with Crippen LogP contribution in [-0.4, -0.2) is 94.0 Å². The Hall–Kier alpha value is -4.73. The molecule has 3 heterocycles. The fraction of sp³-hybridized carbons (Fsp3) is 0.556. The van der Waals surface area contributed by atoms with E-state index in [2.05, 4.69) is 20.5 Å². The molecule has 1 saturated heterocycles. The molecule has 16 heteroatoms. The minimum Gasteiger partial charge on any atom is -0.457 e. The van der Waals surface area contributed by atoms with Gasteiger partial charge >= 0.3 is 12.1 Å². The van der Waals surface area contributed by atoms with Gasteiger partial charge in [0, 0.05) is 24.7 Å². The van der Waals surface area contributed by atoms with Crippen LogP contribution in [0.3, 0.4) is 0 Å². The normalized spacial score (nSPS) is 27.5. The van der Waals surface area contributed by atoms with E-state index in [-0.39, 0.29) is 31.4 Å². The number of sulfonamides is 1. The van der Waals surface area contributed by atoms with Gasteiger partial charge in [-0.2, -0.15) is 5.10 Å². The number of hydrogen-bond acceptors (Lipinski definition) is 10. The number of nitrogens with zero attached hydrogens (tertiary/aromatic N) is 3. The lowest BCUT2D eigenvalue weighted by Crippen LogP contribution is -2.58. The summed E-state index contributed by atoms with van der Waals surface area (Å²) >= 11 is 0. The number of benzene rings is 1. The number of ether oxygens (including phenoxy) is 2. The van der Waals surface area contributed by atoms with Crippen LogP contribution in [-0.2, 0) is 33.9 Å². The maximum atomic E-state index is 14.3. The number of amides is 4. The molecule has 4 amide bonds. The van der Waals surface area contributed by atoms with Gasteiger partial charge in [0.2, 0.25) is 21.8 Å². The number of fused-ring (bicyclic) bond motifs is 2. The topological polar surface area (TPSA) is 195 Å². The zero-order chi connectivity index (χ0) is 37.3. The van der Waals surface area contributed by atoms with Crippen molar-refractivity contribution in [2.24, 2.45) is 5.92 Å². The molecule has 280 valence electrons. The highest BCUT2D eigenvalue weighted by Gasteiger charge is 2.62. The van der Waals surface area contributed by atoms with Gasteiger partial charge in [-0.05, 0) is 89.6 Å². The number of esters is 1. The van der Waals surface area contributed by atoms with Crippen LogP contribution in [0.15, 0.2) is 54.9 Å². The fourth-order valence-electron chi connectivity index (χ4n) is 6.69. The lowest BCUT2D eigenvalue weighted by molar-refractivity contribution is -0.141. The van der Waals surface area contributed by atoms with Crippen LogP contribution < -0.4 is 15.4 Å². The predicted octanol–water partition coefficient (Wildman–Crippen LogP) is 2.90. The Kier molecular flexibility index (Phi) is 10.5. The first kappa shape index (κ1) is 37.0. The number of nitrogens with one attached hydrogen (secondary N) is 3. The van der Waals surface area contributed by atoms with Gasteiger partial charge in [0.25, 0.3) is 5.91 Å². The third-order valence-electron chi connectivity index (χ3n) is 9.68. The third-order valence-corrected chi connectivity index (χ3v) is 11.5. The van der Waals surface area contributed by atoms with Crippen molar-refractivity contribution in [1.82, 2.24) is 30.0 Å². The van der Waals surface area contributed by atoms with E-state index >= 15 is 0 Å². The van der Waals surface area contributed by atoms with Crippen molar-refractivity contribution in [2.45, 2.75) is 113 Å². The number of rotatable bonds is 7. The monoisotopic (exact) mass is 738 g/mol. The summed E-state index contributed by atoms with van der Waals surface area (Å²) < 4.78 is 40.6. The summed E-state index contributed by atoms with van der Waals surface area (Å²) in [7, 11) is -3.91. The molecular weight excluding hydrogens is 692 g/mol. The van der Waals surface area contributed by atoms with Crippen molar-refractivity contribution in [2.75, 3.05) is 6.54 Å². The second-order valence-corrected chi connectivity index (χ2v) is 16.9. The van der Waals surface area contributed by atoms with E-state index in [4.69, 9.17) is 9.47 Å². The molecular formula is C36H46N6O9S. The molecule has 2 saturated carbocycles. The average molecular weight is 739 g/mol. The molecule has 3 fully saturated rings. The summed E-state index contributed by atoms with van der Waals surface area (Å²) in [4.78, 5) is 69.6. The molecule has 0 bridgehead atoms. The first-order valence-corrected chi connectivity index (χ1v) is 19.4. The van der Waals surface area contributed by atoms with Crippen molar-refractivity contribution in [3.8, 4) is 5.69 Å². The Morgan fingerprint density at radius 3 is 2.46 bits per heavy atom. The Morgan fingerprint density at radius 1 is 1.04 bits per heavy atom. The predicted molar refractivity (Wildman–Crippen MR) is 187 cm³/mol.